The molecule has 0 amide bonds. The Kier molecular flexibility index (Phi) is 3.84. The third-order valence-electron chi connectivity index (χ3n) is 3.19. The molecule has 0 aliphatic heterocycles. The summed E-state index contributed by atoms with van der Waals surface area (Å²) in [5, 5.41) is 22.0. The van der Waals surface area contributed by atoms with Gasteiger partial charge in [0.15, 0.2) is 17.3 Å². The van der Waals surface area contributed by atoms with Gasteiger partial charge in [-0.05, 0) is 6.42 Å². The molecule has 0 radical (unpaired) electrons. The summed E-state index contributed by atoms with van der Waals surface area (Å²) in [5.41, 5.74) is 2.22. The molecule has 0 aromatic carbocycles. The first-order chi connectivity index (χ1) is 9.18. The highest BCUT2D eigenvalue weighted by molar-refractivity contribution is 5.66. The number of nitrogens with one attached hydrogen (secondary N) is 2. The van der Waals surface area contributed by atoms with Crippen molar-refractivity contribution in [2.75, 3.05) is 24.0 Å². The average molecular weight is 266 g/mol. The van der Waals surface area contributed by atoms with Crippen LogP contribution in [0.2, 0.25) is 0 Å². The molecule has 6 N–H and O–H groups in total. The number of fused-ring (bicyclic) bond motifs is 1. The predicted octanol–water partition coefficient (Wildman–Crippen LogP) is -0.440. The monoisotopic (exact) mass is 266 g/mol. The van der Waals surface area contributed by atoms with Crippen molar-refractivity contribution in [2.24, 2.45) is 5.84 Å². The number of hydrogen-bond acceptors (Lipinski definition) is 7. The van der Waals surface area contributed by atoms with Gasteiger partial charge in [0.2, 0.25) is 0 Å². The molecule has 0 spiro atoms. The summed E-state index contributed by atoms with van der Waals surface area (Å²) in [6.07, 6.45) is 5.62. The summed E-state index contributed by atoms with van der Waals surface area (Å²) in [6.45, 7) is 1.44. The Morgan fingerprint density at radius 3 is 2.74 bits per heavy atom. The van der Waals surface area contributed by atoms with Crippen LogP contribution in [0, 0.1) is 0 Å². The van der Waals surface area contributed by atoms with Crippen LogP contribution in [0.5, 0.6) is 0 Å². The summed E-state index contributed by atoms with van der Waals surface area (Å²) in [7, 11) is 0. The summed E-state index contributed by atoms with van der Waals surface area (Å²) in [6, 6.07) is 0. The predicted molar refractivity (Wildman–Crippen MR) is 71.6 cm³/mol. The minimum absolute atomic E-state index is 0.213. The first-order valence-corrected chi connectivity index (χ1v) is 5.98. The summed E-state index contributed by atoms with van der Waals surface area (Å²) < 4.78 is 1.75. The Morgan fingerprint density at radius 1 is 1.42 bits per heavy atom. The van der Waals surface area contributed by atoms with Gasteiger partial charge >= 0.3 is 0 Å². The van der Waals surface area contributed by atoms with Crippen molar-refractivity contribution in [3.63, 3.8) is 0 Å². The number of hydrazine groups is 1. The number of aliphatic hydroxyl groups is 2. The van der Waals surface area contributed by atoms with E-state index in [-0.39, 0.29) is 13.2 Å². The Labute approximate surface area is 110 Å². The van der Waals surface area contributed by atoms with Gasteiger partial charge in [0, 0.05) is 12.4 Å². The van der Waals surface area contributed by atoms with Gasteiger partial charge in [-0.1, -0.05) is 6.92 Å². The van der Waals surface area contributed by atoms with Crippen LogP contribution in [-0.2, 0) is 0 Å². The topological polar surface area (TPSA) is 121 Å². The zero-order valence-electron chi connectivity index (χ0n) is 10.7. The molecule has 0 fully saturated rings. The zero-order chi connectivity index (χ0) is 13.9. The second-order valence-electron chi connectivity index (χ2n) is 4.35. The van der Waals surface area contributed by atoms with Crippen molar-refractivity contribution < 1.29 is 10.2 Å². The SMILES string of the molecule is CCC(CO)(CO)Nc1nc(NN)cn2ccnc12. The molecule has 2 aromatic rings. The summed E-state index contributed by atoms with van der Waals surface area (Å²) in [5.74, 6) is 6.27. The number of imidazole rings is 1. The molecule has 0 bridgehead atoms. The maximum Gasteiger partial charge on any atom is 0.180 e. The molecule has 2 heterocycles. The minimum Gasteiger partial charge on any atom is -0.394 e. The molecule has 0 aliphatic carbocycles. The van der Waals surface area contributed by atoms with Gasteiger partial charge in [-0.25, -0.2) is 15.8 Å². The van der Waals surface area contributed by atoms with E-state index in [4.69, 9.17) is 5.84 Å². The quantitative estimate of drug-likeness (QED) is 0.355. The molecule has 104 valence electrons. The van der Waals surface area contributed by atoms with Crippen LogP contribution in [-0.4, -0.2) is 43.3 Å². The first-order valence-electron chi connectivity index (χ1n) is 5.98. The van der Waals surface area contributed by atoms with E-state index in [0.717, 1.165) is 0 Å². The van der Waals surface area contributed by atoms with Crippen LogP contribution in [0.25, 0.3) is 5.65 Å². The Balaban J connectivity index is 2.46. The van der Waals surface area contributed by atoms with Gasteiger partial charge in [0.05, 0.1) is 24.9 Å². The molecular weight excluding hydrogens is 248 g/mol. The molecule has 8 heteroatoms. The van der Waals surface area contributed by atoms with Gasteiger partial charge in [-0.15, -0.1) is 0 Å². The third-order valence-corrected chi connectivity index (χ3v) is 3.19. The largest absolute Gasteiger partial charge is 0.394 e. The van der Waals surface area contributed by atoms with Gasteiger partial charge in [-0.2, -0.15) is 0 Å². The Hall–Kier alpha value is -1.90. The van der Waals surface area contributed by atoms with Crippen molar-refractivity contribution in [3.05, 3.63) is 18.6 Å². The fraction of sp³-hybridized carbons (Fsp3) is 0.455. The van der Waals surface area contributed by atoms with E-state index in [1.807, 2.05) is 6.92 Å². The number of nitrogen functional groups attached to an aromatic ring is 1. The van der Waals surface area contributed by atoms with Gasteiger partial charge in [0.25, 0.3) is 0 Å². The number of anilines is 2. The lowest BCUT2D eigenvalue weighted by atomic mass is 9.98. The molecular formula is C11H18N6O2. The lowest BCUT2D eigenvalue weighted by molar-refractivity contribution is 0.132. The second-order valence-corrected chi connectivity index (χ2v) is 4.35. The maximum absolute atomic E-state index is 9.47. The normalized spacial score (nSPS) is 11.8. The molecule has 8 nitrogen and oxygen atoms in total. The van der Waals surface area contributed by atoms with Crippen molar-refractivity contribution in [3.8, 4) is 0 Å². The molecule has 19 heavy (non-hydrogen) atoms. The van der Waals surface area contributed by atoms with E-state index in [1.165, 1.54) is 0 Å². The molecule has 0 saturated heterocycles. The summed E-state index contributed by atoms with van der Waals surface area (Å²) in [4.78, 5) is 8.45. The number of aromatic nitrogens is 3. The van der Waals surface area contributed by atoms with E-state index < -0.39 is 5.54 Å². The lowest BCUT2D eigenvalue weighted by Gasteiger charge is -2.30. The van der Waals surface area contributed by atoms with Gasteiger partial charge < -0.3 is 25.4 Å². The van der Waals surface area contributed by atoms with Crippen LogP contribution in [0.1, 0.15) is 13.3 Å². The smallest absolute Gasteiger partial charge is 0.180 e. The van der Waals surface area contributed by atoms with E-state index in [9.17, 15) is 10.2 Å². The molecule has 0 atom stereocenters. The first kappa shape index (κ1) is 13.5. The molecule has 0 unspecified atom stereocenters. The van der Waals surface area contributed by atoms with Crippen molar-refractivity contribution in [1.29, 1.82) is 0 Å². The van der Waals surface area contributed by atoms with Crippen LogP contribution in [0.3, 0.4) is 0 Å². The fourth-order valence-electron chi connectivity index (χ4n) is 1.78. The van der Waals surface area contributed by atoms with E-state index in [1.54, 1.807) is 23.0 Å². The number of aliphatic hydroxyl groups excluding tert-OH is 2. The zero-order valence-corrected chi connectivity index (χ0v) is 10.7. The van der Waals surface area contributed by atoms with E-state index >= 15 is 0 Å². The third kappa shape index (κ3) is 2.46. The van der Waals surface area contributed by atoms with Crippen molar-refractivity contribution in [2.45, 2.75) is 18.9 Å². The highest BCUT2D eigenvalue weighted by Gasteiger charge is 2.28. The molecule has 2 aromatic heterocycles. The molecule has 0 aliphatic rings. The minimum atomic E-state index is -0.841. The van der Waals surface area contributed by atoms with Gasteiger partial charge in [0.1, 0.15) is 0 Å². The Bertz CT molecular complexity index is 543. The van der Waals surface area contributed by atoms with E-state index in [2.05, 4.69) is 20.7 Å². The van der Waals surface area contributed by atoms with Crippen LogP contribution in [0.4, 0.5) is 11.6 Å². The molecule has 2 rings (SSSR count). The maximum atomic E-state index is 9.47. The average Bonchev–Trinajstić information content (AvgIpc) is 2.93. The second kappa shape index (κ2) is 5.39. The number of rotatable bonds is 6. The molecule has 0 saturated carbocycles. The van der Waals surface area contributed by atoms with Crippen LogP contribution >= 0.6 is 0 Å². The van der Waals surface area contributed by atoms with Crippen LogP contribution < -0.4 is 16.6 Å². The number of hydrogen-bond donors (Lipinski definition) is 5. The number of nitrogens with zero attached hydrogens (tertiary/aromatic N) is 3. The van der Waals surface area contributed by atoms with Crippen molar-refractivity contribution in [1.82, 2.24) is 14.4 Å². The standard InChI is InChI=1S/C11H18N6O2/c1-2-11(6-18,7-19)15-9-10-13-3-4-17(10)5-8(14-9)16-12/h3-5,16,18-19H,2,6-7,12H2,1H3,(H,14,15). The highest BCUT2D eigenvalue weighted by atomic mass is 16.3. The Morgan fingerprint density at radius 2 is 2.16 bits per heavy atom. The van der Waals surface area contributed by atoms with E-state index in [0.29, 0.717) is 23.7 Å². The fourth-order valence-corrected chi connectivity index (χ4v) is 1.78. The highest BCUT2D eigenvalue weighted by Crippen LogP contribution is 2.22. The van der Waals surface area contributed by atoms with Crippen LogP contribution in [0.15, 0.2) is 18.6 Å². The lowest BCUT2D eigenvalue weighted by Crippen LogP contribution is -2.45. The number of nitrogens with two attached hydrogens (primary N) is 1. The summed E-state index contributed by atoms with van der Waals surface area (Å²) >= 11 is 0. The van der Waals surface area contributed by atoms with Gasteiger partial charge in [-0.3, -0.25) is 0 Å². The van der Waals surface area contributed by atoms with Crippen molar-refractivity contribution >= 4 is 17.3 Å².